The number of rotatable bonds is 7. The first-order chi connectivity index (χ1) is 9.12. The number of nitrogens with two attached hydrogens (primary N) is 1. The fourth-order valence-electron chi connectivity index (χ4n) is 2.13. The van der Waals surface area contributed by atoms with Crippen LogP contribution in [0.5, 0.6) is 0 Å². The molecular formula is C12H20N2O3S2. The van der Waals surface area contributed by atoms with Crippen LogP contribution in [0.1, 0.15) is 31.2 Å². The number of ether oxygens (including phenoxy) is 1. The van der Waals surface area contributed by atoms with Gasteiger partial charge in [0.15, 0.2) is 0 Å². The molecule has 108 valence electrons. The number of thiophene rings is 1. The molecule has 1 aromatic rings. The summed E-state index contributed by atoms with van der Waals surface area (Å²) in [6, 6.07) is 1.62. The predicted molar refractivity (Wildman–Crippen MR) is 75.6 cm³/mol. The highest BCUT2D eigenvalue weighted by atomic mass is 32.2. The Labute approximate surface area is 118 Å². The van der Waals surface area contributed by atoms with E-state index in [1.165, 1.54) is 24.2 Å². The van der Waals surface area contributed by atoms with Crippen LogP contribution in [-0.2, 0) is 21.3 Å². The molecule has 1 fully saturated rings. The van der Waals surface area contributed by atoms with Crippen molar-refractivity contribution in [2.24, 2.45) is 5.73 Å². The van der Waals surface area contributed by atoms with Crippen molar-refractivity contribution in [1.82, 2.24) is 4.72 Å². The average molecular weight is 304 g/mol. The van der Waals surface area contributed by atoms with Gasteiger partial charge in [0.1, 0.15) is 4.21 Å². The molecule has 1 saturated carbocycles. The summed E-state index contributed by atoms with van der Waals surface area (Å²) in [4.78, 5) is 0. The normalized spacial score (nSPS) is 17.1. The molecule has 0 bridgehead atoms. The van der Waals surface area contributed by atoms with E-state index >= 15 is 0 Å². The SMILES string of the molecule is NCc1csc(S(=O)(=O)NCCOC2CCCC2)c1. The Morgan fingerprint density at radius 3 is 2.79 bits per heavy atom. The Hall–Kier alpha value is -0.470. The Morgan fingerprint density at radius 2 is 2.16 bits per heavy atom. The lowest BCUT2D eigenvalue weighted by atomic mass is 10.3. The van der Waals surface area contributed by atoms with E-state index in [9.17, 15) is 8.42 Å². The van der Waals surface area contributed by atoms with Gasteiger partial charge in [0.05, 0.1) is 12.7 Å². The van der Waals surface area contributed by atoms with E-state index in [4.69, 9.17) is 10.5 Å². The lowest BCUT2D eigenvalue weighted by molar-refractivity contribution is 0.0626. The van der Waals surface area contributed by atoms with Crippen molar-refractivity contribution in [2.45, 2.75) is 42.5 Å². The molecule has 1 heterocycles. The Bertz CT molecular complexity index is 493. The smallest absolute Gasteiger partial charge is 0.250 e. The predicted octanol–water partition coefficient (Wildman–Crippen LogP) is 1.44. The van der Waals surface area contributed by atoms with Crippen LogP contribution in [0, 0.1) is 0 Å². The van der Waals surface area contributed by atoms with Crippen LogP contribution in [-0.4, -0.2) is 27.7 Å². The Balaban J connectivity index is 1.77. The minimum absolute atomic E-state index is 0.314. The maximum atomic E-state index is 12.0. The molecule has 1 aliphatic carbocycles. The van der Waals surface area contributed by atoms with E-state index in [2.05, 4.69) is 4.72 Å². The highest BCUT2D eigenvalue weighted by Gasteiger charge is 2.17. The molecule has 0 unspecified atom stereocenters. The molecule has 7 heteroatoms. The molecular weight excluding hydrogens is 284 g/mol. The van der Waals surface area contributed by atoms with Crippen LogP contribution in [0.2, 0.25) is 0 Å². The second kappa shape index (κ2) is 6.81. The average Bonchev–Trinajstić information content (AvgIpc) is 3.05. The van der Waals surface area contributed by atoms with Gasteiger partial charge in [-0.3, -0.25) is 0 Å². The van der Waals surface area contributed by atoms with Crippen molar-refractivity contribution < 1.29 is 13.2 Å². The van der Waals surface area contributed by atoms with E-state index < -0.39 is 10.0 Å². The third-order valence-corrected chi connectivity index (χ3v) is 6.13. The molecule has 2 rings (SSSR count). The van der Waals surface area contributed by atoms with E-state index in [0.717, 1.165) is 18.4 Å². The first-order valence-corrected chi connectivity index (χ1v) is 8.87. The first-order valence-electron chi connectivity index (χ1n) is 6.50. The van der Waals surface area contributed by atoms with Gasteiger partial charge in [-0.2, -0.15) is 0 Å². The molecule has 0 spiro atoms. The molecule has 0 radical (unpaired) electrons. The molecule has 3 N–H and O–H groups in total. The van der Waals surface area contributed by atoms with Crippen LogP contribution in [0.15, 0.2) is 15.7 Å². The molecule has 19 heavy (non-hydrogen) atoms. The molecule has 1 aromatic heterocycles. The topological polar surface area (TPSA) is 81.4 Å². The van der Waals surface area contributed by atoms with Gasteiger partial charge in [-0.1, -0.05) is 12.8 Å². The zero-order valence-electron chi connectivity index (χ0n) is 10.8. The zero-order chi connectivity index (χ0) is 13.7. The first kappa shape index (κ1) is 14.9. The van der Waals surface area contributed by atoms with Gasteiger partial charge < -0.3 is 10.5 Å². The van der Waals surface area contributed by atoms with E-state index in [0.29, 0.717) is 30.0 Å². The monoisotopic (exact) mass is 304 g/mol. The van der Waals surface area contributed by atoms with E-state index in [1.807, 2.05) is 0 Å². The zero-order valence-corrected chi connectivity index (χ0v) is 12.4. The van der Waals surface area contributed by atoms with Crippen molar-refractivity contribution in [3.8, 4) is 0 Å². The van der Waals surface area contributed by atoms with Crippen LogP contribution >= 0.6 is 11.3 Å². The fourth-order valence-corrected chi connectivity index (χ4v) is 4.41. The Morgan fingerprint density at radius 1 is 1.42 bits per heavy atom. The van der Waals surface area contributed by atoms with Gasteiger partial charge in [0.25, 0.3) is 0 Å². The van der Waals surface area contributed by atoms with Gasteiger partial charge in [-0.15, -0.1) is 11.3 Å². The largest absolute Gasteiger partial charge is 0.377 e. The van der Waals surface area contributed by atoms with Gasteiger partial charge in [-0.05, 0) is 29.9 Å². The molecule has 0 atom stereocenters. The summed E-state index contributed by atoms with van der Waals surface area (Å²) in [7, 11) is -3.41. The summed E-state index contributed by atoms with van der Waals surface area (Å²) in [6.07, 6.45) is 4.94. The lowest BCUT2D eigenvalue weighted by Gasteiger charge is -2.11. The standard InChI is InChI=1S/C12H20N2O3S2/c13-8-10-7-12(18-9-10)19(15,16)14-5-6-17-11-3-1-2-4-11/h7,9,11,14H,1-6,8,13H2. The summed E-state index contributed by atoms with van der Waals surface area (Å²) in [5.74, 6) is 0. The highest BCUT2D eigenvalue weighted by molar-refractivity contribution is 7.91. The van der Waals surface area contributed by atoms with Crippen LogP contribution in [0.3, 0.4) is 0 Å². The van der Waals surface area contributed by atoms with Crippen molar-refractivity contribution in [3.05, 3.63) is 17.0 Å². The minimum Gasteiger partial charge on any atom is -0.377 e. The van der Waals surface area contributed by atoms with Gasteiger partial charge >= 0.3 is 0 Å². The second-order valence-electron chi connectivity index (χ2n) is 4.65. The molecule has 0 aromatic carbocycles. The third kappa shape index (κ3) is 4.25. The van der Waals surface area contributed by atoms with Crippen molar-refractivity contribution >= 4 is 21.4 Å². The second-order valence-corrected chi connectivity index (χ2v) is 7.56. The molecule has 5 nitrogen and oxygen atoms in total. The summed E-state index contributed by atoms with van der Waals surface area (Å²) >= 11 is 1.19. The van der Waals surface area contributed by atoms with Crippen LogP contribution in [0.4, 0.5) is 0 Å². The van der Waals surface area contributed by atoms with Crippen molar-refractivity contribution in [2.75, 3.05) is 13.2 Å². The molecule has 0 saturated heterocycles. The molecule has 1 aliphatic rings. The number of hydrogen-bond donors (Lipinski definition) is 2. The lowest BCUT2D eigenvalue weighted by Crippen LogP contribution is -2.28. The maximum absolute atomic E-state index is 12.0. The third-order valence-electron chi connectivity index (χ3n) is 3.18. The van der Waals surface area contributed by atoms with Crippen LogP contribution in [0.25, 0.3) is 0 Å². The summed E-state index contributed by atoms with van der Waals surface area (Å²) < 4.78 is 32.4. The van der Waals surface area contributed by atoms with Crippen molar-refractivity contribution in [1.29, 1.82) is 0 Å². The fraction of sp³-hybridized carbons (Fsp3) is 0.667. The highest BCUT2D eigenvalue weighted by Crippen LogP contribution is 2.21. The quantitative estimate of drug-likeness (QED) is 0.747. The van der Waals surface area contributed by atoms with Gasteiger partial charge in [0.2, 0.25) is 10.0 Å². The van der Waals surface area contributed by atoms with Crippen LogP contribution < -0.4 is 10.5 Å². The van der Waals surface area contributed by atoms with Gasteiger partial charge in [0, 0.05) is 13.1 Å². The summed E-state index contributed by atoms with van der Waals surface area (Å²) in [6.45, 7) is 1.10. The maximum Gasteiger partial charge on any atom is 0.250 e. The van der Waals surface area contributed by atoms with Gasteiger partial charge in [-0.25, -0.2) is 13.1 Å². The number of nitrogens with one attached hydrogen (secondary N) is 1. The number of sulfonamides is 1. The summed E-state index contributed by atoms with van der Waals surface area (Å²) in [5, 5.41) is 1.77. The van der Waals surface area contributed by atoms with E-state index in [-0.39, 0.29) is 0 Å². The van der Waals surface area contributed by atoms with E-state index in [1.54, 1.807) is 11.4 Å². The van der Waals surface area contributed by atoms with Crippen molar-refractivity contribution in [3.63, 3.8) is 0 Å². The summed E-state index contributed by atoms with van der Waals surface area (Å²) in [5.41, 5.74) is 6.31. The minimum atomic E-state index is -3.41. The number of hydrogen-bond acceptors (Lipinski definition) is 5. The molecule has 0 aliphatic heterocycles. The molecule has 0 amide bonds. The Kier molecular flexibility index (Phi) is 5.35.